The molecule has 0 heterocycles. The molecule has 1 aromatic rings. The third-order valence-electron chi connectivity index (χ3n) is 2.79. The first-order chi connectivity index (χ1) is 9.98. The number of hydrogen-bond acceptors (Lipinski definition) is 6. The lowest BCUT2D eigenvalue weighted by Gasteiger charge is -2.18. The minimum Gasteiger partial charge on any atom is -0.493 e. The zero-order valence-corrected chi connectivity index (χ0v) is 12.4. The Labute approximate surface area is 122 Å². The SMILES string of the molecule is COc1cc(C(=O)N(C)CC(N)=NO)cc(OC)c1OC. The third kappa shape index (κ3) is 3.68. The molecule has 0 aliphatic carbocycles. The van der Waals surface area contributed by atoms with E-state index in [9.17, 15) is 4.79 Å². The van der Waals surface area contributed by atoms with Crippen molar-refractivity contribution in [2.24, 2.45) is 10.9 Å². The van der Waals surface area contributed by atoms with Gasteiger partial charge < -0.3 is 30.1 Å². The highest BCUT2D eigenvalue weighted by molar-refractivity contribution is 5.98. The number of nitrogens with zero attached hydrogens (tertiary/aromatic N) is 2. The van der Waals surface area contributed by atoms with E-state index in [0.29, 0.717) is 22.8 Å². The molecule has 0 aromatic heterocycles. The molecule has 3 N–H and O–H groups in total. The Bertz CT molecular complexity index is 520. The molecule has 8 heteroatoms. The van der Waals surface area contributed by atoms with Crippen LogP contribution < -0.4 is 19.9 Å². The standard InChI is InChI=1S/C13H19N3O5/c1-16(7-11(14)15-18)13(17)8-5-9(19-2)12(21-4)10(6-8)20-3/h5-6,18H,7H2,1-4H3,(H2,14,15). The lowest BCUT2D eigenvalue weighted by molar-refractivity contribution is 0.0813. The van der Waals surface area contributed by atoms with Crippen LogP contribution in [0.2, 0.25) is 0 Å². The maximum absolute atomic E-state index is 12.3. The molecule has 0 spiro atoms. The molecule has 0 aliphatic heterocycles. The lowest BCUT2D eigenvalue weighted by Crippen LogP contribution is -2.35. The second-order valence-electron chi connectivity index (χ2n) is 4.17. The van der Waals surface area contributed by atoms with Gasteiger partial charge in [-0.25, -0.2) is 0 Å². The molecule has 0 saturated heterocycles. The number of rotatable bonds is 6. The van der Waals surface area contributed by atoms with Crippen LogP contribution in [0.1, 0.15) is 10.4 Å². The Balaban J connectivity index is 3.15. The molecule has 116 valence electrons. The van der Waals surface area contributed by atoms with Crippen molar-refractivity contribution >= 4 is 11.7 Å². The van der Waals surface area contributed by atoms with Crippen molar-refractivity contribution in [2.75, 3.05) is 34.9 Å². The Morgan fingerprint density at radius 2 is 1.76 bits per heavy atom. The summed E-state index contributed by atoms with van der Waals surface area (Å²) in [6, 6.07) is 3.07. The zero-order chi connectivity index (χ0) is 16.0. The van der Waals surface area contributed by atoms with Gasteiger partial charge in [0.05, 0.1) is 27.9 Å². The van der Waals surface area contributed by atoms with Gasteiger partial charge in [-0.1, -0.05) is 5.16 Å². The van der Waals surface area contributed by atoms with E-state index in [0.717, 1.165) is 0 Å². The molecule has 0 radical (unpaired) electrons. The molecule has 1 amide bonds. The first-order valence-electron chi connectivity index (χ1n) is 6.00. The molecular formula is C13H19N3O5. The van der Waals surface area contributed by atoms with Gasteiger partial charge in [-0.3, -0.25) is 4.79 Å². The van der Waals surface area contributed by atoms with Crippen LogP contribution in [0.4, 0.5) is 0 Å². The maximum Gasteiger partial charge on any atom is 0.254 e. The topological polar surface area (TPSA) is 107 Å². The van der Waals surface area contributed by atoms with Crippen LogP contribution in [0.15, 0.2) is 17.3 Å². The number of carbonyl (C=O) groups is 1. The summed E-state index contributed by atoms with van der Waals surface area (Å²) in [7, 11) is 5.94. The van der Waals surface area contributed by atoms with Crippen molar-refractivity contribution < 1.29 is 24.2 Å². The summed E-state index contributed by atoms with van der Waals surface area (Å²) in [5, 5.41) is 11.4. The number of hydrogen-bond donors (Lipinski definition) is 2. The van der Waals surface area contributed by atoms with Gasteiger partial charge in [-0.15, -0.1) is 0 Å². The van der Waals surface area contributed by atoms with Crippen LogP contribution in [0.3, 0.4) is 0 Å². The lowest BCUT2D eigenvalue weighted by atomic mass is 10.1. The highest BCUT2D eigenvalue weighted by atomic mass is 16.5. The minimum atomic E-state index is -0.333. The number of methoxy groups -OCH3 is 3. The summed E-state index contributed by atoms with van der Waals surface area (Å²) < 4.78 is 15.6. The number of ether oxygens (including phenoxy) is 3. The van der Waals surface area contributed by atoms with Gasteiger partial charge in [-0.2, -0.15) is 0 Å². The monoisotopic (exact) mass is 297 g/mol. The van der Waals surface area contributed by atoms with Gasteiger partial charge in [0, 0.05) is 12.6 Å². The fourth-order valence-electron chi connectivity index (χ4n) is 1.77. The predicted octanol–water partition coefficient (Wildman–Crippen LogP) is 0.531. The molecule has 1 aromatic carbocycles. The van der Waals surface area contributed by atoms with Crippen LogP contribution in [0.25, 0.3) is 0 Å². The first-order valence-corrected chi connectivity index (χ1v) is 6.00. The first kappa shape index (κ1) is 16.4. The average Bonchev–Trinajstić information content (AvgIpc) is 2.52. The normalized spacial score (nSPS) is 11.0. The van der Waals surface area contributed by atoms with Crippen LogP contribution in [-0.2, 0) is 0 Å². The second kappa shape index (κ2) is 7.22. The second-order valence-corrected chi connectivity index (χ2v) is 4.17. The van der Waals surface area contributed by atoms with Gasteiger partial charge in [-0.05, 0) is 12.1 Å². The van der Waals surface area contributed by atoms with E-state index in [4.69, 9.17) is 25.2 Å². The van der Waals surface area contributed by atoms with Crippen molar-refractivity contribution in [3.63, 3.8) is 0 Å². The fraction of sp³-hybridized carbons (Fsp3) is 0.385. The summed E-state index contributed by atoms with van der Waals surface area (Å²) in [5.41, 5.74) is 5.72. The molecule has 21 heavy (non-hydrogen) atoms. The highest BCUT2D eigenvalue weighted by Crippen LogP contribution is 2.38. The summed E-state index contributed by atoms with van der Waals surface area (Å²) in [5.74, 6) is 0.740. The van der Waals surface area contributed by atoms with Crippen molar-refractivity contribution in [2.45, 2.75) is 0 Å². The number of amides is 1. The maximum atomic E-state index is 12.3. The Morgan fingerprint density at radius 3 is 2.14 bits per heavy atom. The Hall–Kier alpha value is -2.64. The van der Waals surface area contributed by atoms with E-state index in [1.807, 2.05) is 0 Å². The molecular weight excluding hydrogens is 278 g/mol. The molecule has 0 saturated carbocycles. The molecule has 0 fully saturated rings. The van der Waals surface area contributed by atoms with E-state index < -0.39 is 0 Å². The molecule has 8 nitrogen and oxygen atoms in total. The van der Waals surface area contributed by atoms with E-state index in [1.165, 1.54) is 45.4 Å². The largest absolute Gasteiger partial charge is 0.493 e. The summed E-state index contributed by atoms with van der Waals surface area (Å²) in [6.45, 7) is -0.00794. The highest BCUT2D eigenvalue weighted by Gasteiger charge is 2.19. The minimum absolute atomic E-state index is 0.00794. The van der Waals surface area contributed by atoms with Crippen LogP contribution in [-0.4, -0.2) is 56.8 Å². The molecule has 0 bridgehead atoms. The van der Waals surface area contributed by atoms with Crippen LogP contribution in [0, 0.1) is 0 Å². The molecule has 0 unspecified atom stereocenters. The van der Waals surface area contributed by atoms with E-state index in [-0.39, 0.29) is 18.3 Å². The van der Waals surface area contributed by atoms with E-state index in [1.54, 1.807) is 0 Å². The van der Waals surface area contributed by atoms with Crippen LogP contribution >= 0.6 is 0 Å². The van der Waals surface area contributed by atoms with Gasteiger partial charge in [0.15, 0.2) is 17.3 Å². The number of amidine groups is 1. The number of carbonyl (C=O) groups excluding carboxylic acids is 1. The fourth-order valence-corrected chi connectivity index (χ4v) is 1.77. The molecule has 1 rings (SSSR count). The van der Waals surface area contributed by atoms with Gasteiger partial charge in [0.2, 0.25) is 5.75 Å². The summed E-state index contributed by atoms with van der Waals surface area (Å²) >= 11 is 0. The number of likely N-dealkylation sites (N-methyl/N-ethyl adjacent to an activating group) is 1. The van der Waals surface area contributed by atoms with Crippen molar-refractivity contribution in [1.29, 1.82) is 0 Å². The number of benzene rings is 1. The smallest absolute Gasteiger partial charge is 0.254 e. The average molecular weight is 297 g/mol. The van der Waals surface area contributed by atoms with E-state index >= 15 is 0 Å². The third-order valence-corrected chi connectivity index (χ3v) is 2.79. The quantitative estimate of drug-likeness (QED) is 0.343. The Morgan fingerprint density at radius 1 is 1.24 bits per heavy atom. The Kier molecular flexibility index (Phi) is 5.65. The number of nitrogens with two attached hydrogens (primary N) is 1. The van der Waals surface area contributed by atoms with Gasteiger partial charge in [0.1, 0.15) is 0 Å². The van der Waals surface area contributed by atoms with Crippen molar-refractivity contribution in [1.82, 2.24) is 4.90 Å². The number of oxime groups is 1. The van der Waals surface area contributed by atoms with Crippen LogP contribution in [0.5, 0.6) is 17.2 Å². The molecule has 0 aliphatic rings. The summed E-state index contributed by atoms with van der Waals surface area (Å²) in [6.07, 6.45) is 0. The van der Waals surface area contributed by atoms with E-state index in [2.05, 4.69) is 5.16 Å². The molecule has 0 atom stereocenters. The van der Waals surface area contributed by atoms with Crippen molar-refractivity contribution in [3.8, 4) is 17.2 Å². The summed E-state index contributed by atoms with van der Waals surface area (Å²) in [4.78, 5) is 13.6. The van der Waals surface area contributed by atoms with Gasteiger partial charge in [0.25, 0.3) is 5.91 Å². The zero-order valence-electron chi connectivity index (χ0n) is 12.4. The predicted molar refractivity (Wildman–Crippen MR) is 76.5 cm³/mol. The van der Waals surface area contributed by atoms with Crippen molar-refractivity contribution in [3.05, 3.63) is 17.7 Å². The van der Waals surface area contributed by atoms with Gasteiger partial charge >= 0.3 is 0 Å².